The molecule has 0 amide bonds. The van der Waals surface area contributed by atoms with Crippen LogP contribution in [0.25, 0.3) is 0 Å². The van der Waals surface area contributed by atoms with Crippen LogP contribution in [-0.4, -0.2) is 32.6 Å². The first-order valence-corrected chi connectivity index (χ1v) is 10.9. The molecule has 1 aromatic heterocycles. The first-order chi connectivity index (χ1) is 12.4. The van der Waals surface area contributed by atoms with Crippen LogP contribution >= 0.6 is 11.3 Å². The van der Waals surface area contributed by atoms with Gasteiger partial charge in [-0.05, 0) is 42.5 Å². The van der Waals surface area contributed by atoms with E-state index in [1.54, 1.807) is 0 Å². The van der Waals surface area contributed by atoms with E-state index < -0.39 is 16.0 Å². The van der Waals surface area contributed by atoms with Crippen molar-refractivity contribution < 1.29 is 18.3 Å². The van der Waals surface area contributed by atoms with E-state index in [-0.39, 0.29) is 16.3 Å². The van der Waals surface area contributed by atoms with Gasteiger partial charge in [0.25, 0.3) is 10.0 Å². The van der Waals surface area contributed by atoms with E-state index in [1.807, 2.05) is 24.3 Å². The summed E-state index contributed by atoms with van der Waals surface area (Å²) in [5.74, 6) is -1.18. The fraction of sp³-hybridized carbons (Fsp3) is 0.389. The number of sulfonamides is 1. The number of hydrogen-bond acceptors (Lipinski definition) is 5. The molecular weight excluding hydrogens is 372 g/mol. The Labute approximate surface area is 157 Å². The van der Waals surface area contributed by atoms with Gasteiger partial charge in [-0.15, -0.1) is 11.3 Å². The van der Waals surface area contributed by atoms with Crippen LogP contribution in [0.1, 0.15) is 38.8 Å². The second-order valence-corrected chi connectivity index (χ2v) is 9.28. The monoisotopic (exact) mass is 394 g/mol. The van der Waals surface area contributed by atoms with E-state index in [1.165, 1.54) is 5.56 Å². The third kappa shape index (κ3) is 3.98. The zero-order valence-corrected chi connectivity index (χ0v) is 16.2. The van der Waals surface area contributed by atoms with Crippen molar-refractivity contribution in [1.29, 1.82) is 0 Å². The molecule has 0 spiro atoms. The number of thiophene rings is 1. The first-order valence-electron chi connectivity index (χ1n) is 8.58. The topological polar surface area (TPSA) is 95.5 Å². The van der Waals surface area contributed by atoms with E-state index in [0.717, 1.165) is 28.2 Å². The highest BCUT2D eigenvalue weighted by molar-refractivity contribution is 7.91. The number of hydrogen-bond donors (Lipinski definition) is 3. The average molecular weight is 395 g/mol. The first kappa shape index (κ1) is 19.0. The molecule has 1 aromatic carbocycles. The maximum absolute atomic E-state index is 12.7. The van der Waals surface area contributed by atoms with Gasteiger partial charge in [-0.25, -0.2) is 17.9 Å². The number of carboxylic acids is 1. The van der Waals surface area contributed by atoms with Crippen LogP contribution in [0.4, 0.5) is 0 Å². The fourth-order valence-corrected chi connectivity index (χ4v) is 5.99. The molecule has 0 radical (unpaired) electrons. The number of rotatable bonds is 7. The quantitative estimate of drug-likeness (QED) is 0.669. The molecule has 26 heavy (non-hydrogen) atoms. The van der Waals surface area contributed by atoms with Crippen LogP contribution < -0.4 is 10.0 Å². The lowest BCUT2D eigenvalue weighted by molar-refractivity contribution is 0.0692. The number of nitrogens with one attached hydrogen (secondary N) is 2. The summed E-state index contributed by atoms with van der Waals surface area (Å²) in [7, 11) is -3.85. The molecule has 3 rings (SSSR count). The maximum atomic E-state index is 12.7. The predicted octanol–water partition coefficient (Wildman–Crippen LogP) is 2.18. The van der Waals surface area contributed by atoms with Gasteiger partial charge in [-0.1, -0.05) is 31.2 Å². The third-order valence-electron chi connectivity index (χ3n) is 4.49. The van der Waals surface area contributed by atoms with Gasteiger partial charge < -0.3 is 10.4 Å². The maximum Gasteiger partial charge on any atom is 0.338 e. The molecule has 0 fully saturated rings. The summed E-state index contributed by atoms with van der Waals surface area (Å²) < 4.78 is 27.8. The lowest BCUT2D eigenvalue weighted by atomic mass is 10.1. The molecule has 2 heterocycles. The van der Waals surface area contributed by atoms with Gasteiger partial charge in [0.1, 0.15) is 4.21 Å². The molecule has 6 nitrogen and oxygen atoms in total. The molecule has 0 saturated carbocycles. The van der Waals surface area contributed by atoms with Gasteiger partial charge in [0.05, 0.1) is 5.56 Å². The van der Waals surface area contributed by atoms with Crippen LogP contribution in [0.2, 0.25) is 0 Å². The fourth-order valence-electron chi connectivity index (χ4n) is 3.05. The second kappa shape index (κ2) is 7.87. The molecule has 2 aromatic rings. The Morgan fingerprint density at radius 3 is 2.62 bits per heavy atom. The van der Waals surface area contributed by atoms with Crippen molar-refractivity contribution in [2.24, 2.45) is 0 Å². The lowest BCUT2D eigenvalue weighted by Gasteiger charge is -2.12. The van der Waals surface area contributed by atoms with Crippen LogP contribution in [0.3, 0.4) is 0 Å². The molecule has 140 valence electrons. The number of carbonyl (C=O) groups is 1. The smallest absolute Gasteiger partial charge is 0.338 e. The van der Waals surface area contributed by atoms with Crippen LogP contribution in [0.5, 0.6) is 0 Å². The van der Waals surface area contributed by atoms with Crippen molar-refractivity contribution in [1.82, 2.24) is 10.0 Å². The number of aryl methyl sites for hydroxylation is 1. The Hall–Kier alpha value is -1.74. The Bertz CT molecular complexity index is 902. The highest BCUT2D eigenvalue weighted by atomic mass is 32.2. The minimum Gasteiger partial charge on any atom is -0.478 e. The summed E-state index contributed by atoms with van der Waals surface area (Å²) in [6.07, 6.45) is 2.05. The highest BCUT2D eigenvalue weighted by Crippen LogP contribution is 2.34. The minimum atomic E-state index is -3.85. The van der Waals surface area contributed by atoms with Crippen LogP contribution in [0.15, 0.2) is 28.5 Å². The van der Waals surface area contributed by atoms with Crippen molar-refractivity contribution >= 4 is 27.3 Å². The molecule has 0 aliphatic carbocycles. The number of aromatic carboxylic acids is 1. The Morgan fingerprint density at radius 2 is 1.96 bits per heavy atom. The number of benzene rings is 1. The molecule has 3 N–H and O–H groups in total. The molecule has 0 bridgehead atoms. The summed E-state index contributed by atoms with van der Waals surface area (Å²) in [6.45, 7) is 3.48. The molecule has 0 atom stereocenters. The molecule has 8 heteroatoms. The Morgan fingerprint density at radius 1 is 1.27 bits per heavy atom. The van der Waals surface area contributed by atoms with Gasteiger partial charge in [0, 0.05) is 18.0 Å². The lowest BCUT2D eigenvalue weighted by Crippen LogP contribution is -2.27. The molecule has 1 aliphatic rings. The van der Waals surface area contributed by atoms with Crippen molar-refractivity contribution in [3.05, 3.63) is 51.4 Å². The summed E-state index contributed by atoms with van der Waals surface area (Å²) in [5, 5.41) is 12.7. The van der Waals surface area contributed by atoms with Gasteiger partial charge in [0.2, 0.25) is 0 Å². The zero-order chi connectivity index (χ0) is 18.7. The van der Waals surface area contributed by atoms with Gasteiger partial charge in [-0.3, -0.25) is 0 Å². The minimum absolute atomic E-state index is 0.0636. The third-order valence-corrected chi connectivity index (χ3v) is 7.70. The summed E-state index contributed by atoms with van der Waals surface area (Å²) in [4.78, 5) is 12.4. The van der Waals surface area contributed by atoms with Crippen LogP contribution in [-0.2, 0) is 35.8 Å². The van der Waals surface area contributed by atoms with Crippen molar-refractivity contribution in [3.8, 4) is 0 Å². The van der Waals surface area contributed by atoms with E-state index in [0.29, 0.717) is 31.5 Å². The van der Waals surface area contributed by atoms with E-state index >= 15 is 0 Å². The Kier molecular flexibility index (Phi) is 5.76. The van der Waals surface area contributed by atoms with Crippen LogP contribution in [0, 0.1) is 0 Å². The number of carboxylic acid groups (broad SMARTS) is 1. The predicted molar refractivity (Wildman–Crippen MR) is 101 cm³/mol. The highest BCUT2D eigenvalue weighted by Gasteiger charge is 2.31. The Balaban J connectivity index is 1.75. The van der Waals surface area contributed by atoms with Gasteiger partial charge in [0.15, 0.2) is 0 Å². The van der Waals surface area contributed by atoms with Crippen molar-refractivity contribution in [2.75, 3.05) is 13.1 Å². The summed E-state index contributed by atoms with van der Waals surface area (Å²) in [5.41, 5.74) is 2.86. The zero-order valence-electron chi connectivity index (χ0n) is 14.5. The molecule has 0 saturated heterocycles. The molecular formula is C18H22N2O4S2. The average Bonchev–Trinajstić information content (AvgIpc) is 3.03. The largest absolute Gasteiger partial charge is 0.478 e. The SMILES string of the molecule is CCc1ccc(CCNS(=O)(=O)c2sc3c(c2C(=O)O)CCNC3)cc1. The molecule has 0 unspecified atom stereocenters. The summed E-state index contributed by atoms with van der Waals surface area (Å²) >= 11 is 1.05. The van der Waals surface area contributed by atoms with Crippen molar-refractivity contribution in [2.45, 2.75) is 36.9 Å². The standard InChI is InChI=1S/C18H22N2O4S2/c1-2-12-3-5-13(6-4-12)7-10-20-26(23,24)18-16(17(21)22)14-8-9-19-11-15(14)25-18/h3-6,19-20H,2,7-11H2,1H3,(H,21,22). The molecule has 1 aliphatic heterocycles. The number of fused-ring (bicyclic) bond motifs is 1. The van der Waals surface area contributed by atoms with E-state index in [9.17, 15) is 18.3 Å². The van der Waals surface area contributed by atoms with Gasteiger partial charge in [-0.2, -0.15) is 0 Å². The second-order valence-electron chi connectivity index (χ2n) is 6.22. The van der Waals surface area contributed by atoms with E-state index in [4.69, 9.17) is 0 Å². The van der Waals surface area contributed by atoms with Gasteiger partial charge >= 0.3 is 5.97 Å². The van der Waals surface area contributed by atoms with E-state index in [2.05, 4.69) is 17.0 Å². The van der Waals surface area contributed by atoms with Crippen molar-refractivity contribution in [3.63, 3.8) is 0 Å². The summed E-state index contributed by atoms with van der Waals surface area (Å²) in [6, 6.07) is 8.05. The normalized spacial score (nSPS) is 14.2.